The van der Waals surface area contributed by atoms with Gasteiger partial charge in [0.25, 0.3) is 0 Å². The van der Waals surface area contributed by atoms with Crippen LogP contribution in [-0.2, 0) is 21.4 Å². The van der Waals surface area contributed by atoms with E-state index in [2.05, 4.69) is 4.72 Å². The fourth-order valence-electron chi connectivity index (χ4n) is 2.69. The molecule has 0 spiro atoms. The minimum atomic E-state index is -1.59. The third-order valence-electron chi connectivity index (χ3n) is 4.28. The second-order valence-electron chi connectivity index (χ2n) is 9.15. The number of nitrogens with zero attached hydrogens (tertiary/aromatic N) is 1. The van der Waals surface area contributed by atoms with E-state index in [1.54, 1.807) is 39.0 Å². The molecule has 5 nitrogen and oxygen atoms in total. The minimum Gasteiger partial charge on any atom is -0.444 e. The van der Waals surface area contributed by atoms with Crippen LogP contribution in [-0.4, -0.2) is 38.6 Å². The largest absolute Gasteiger partial charge is 0.444 e. The SMILES string of the molecule is CC(NS(=O)C(C)(C)C)c1cccc(C2(F)CN(C(=O)OC(C)(C)C)C2)c1. The second-order valence-corrected chi connectivity index (χ2v) is 11.1. The summed E-state index contributed by atoms with van der Waals surface area (Å²) < 4.78 is 35.5. The van der Waals surface area contributed by atoms with Gasteiger partial charge < -0.3 is 9.64 Å². The number of halogens is 1. The molecule has 1 N–H and O–H groups in total. The molecule has 2 rings (SSSR count). The lowest BCUT2D eigenvalue weighted by Crippen LogP contribution is -2.59. The Morgan fingerprint density at radius 3 is 2.37 bits per heavy atom. The standard InChI is InChI=1S/C20H31FN2O3S/c1-14(22-27(25)19(5,6)7)15-9-8-10-16(11-15)20(21)12-23(13-20)17(24)26-18(2,3)4/h8-11,14,22H,12-13H2,1-7H3. The van der Waals surface area contributed by atoms with Crippen molar-refractivity contribution >= 4 is 17.1 Å². The minimum absolute atomic E-state index is 0.0267. The van der Waals surface area contributed by atoms with Gasteiger partial charge in [0.15, 0.2) is 5.67 Å². The number of carbonyl (C=O) groups excluding carboxylic acids is 1. The number of carbonyl (C=O) groups is 1. The highest BCUT2D eigenvalue weighted by Crippen LogP contribution is 2.37. The molecular weight excluding hydrogens is 367 g/mol. The van der Waals surface area contributed by atoms with Gasteiger partial charge in [-0.2, -0.15) is 0 Å². The molecule has 2 unspecified atom stereocenters. The molecule has 0 radical (unpaired) electrons. The first-order valence-corrected chi connectivity index (χ1v) is 10.3. The maximum absolute atomic E-state index is 15.2. The molecule has 1 aliphatic heterocycles. The Bertz CT molecular complexity index is 719. The van der Waals surface area contributed by atoms with Gasteiger partial charge in [-0.3, -0.25) is 0 Å². The molecule has 7 heteroatoms. The van der Waals surface area contributed by atoms with Gasteiger partial charge in [-0.15, -0.1) is 0 Å². The van der Waals surface area contributed by atoms with E-state index < -0.39 is 28.3 Å². The monoisotopic (exact) mass is 398 g/mol. The summed E-state index contributed by atoms with van der Waals surface area (Å²) in [6.07, 6.45) is -0.498. The summed E-state index contributed by atoms with van der Waals surface area (Å²) in [5.41, 5.74) is -0.807. The number of hydrogen-bond acceptors (Lipinski definition) is 3. The molecular formula is C20H31FN2O3S. The van der Waals surface area contributed by atoms with Crippen molar-refractivity contribution in [3.05, 3.63) is 35.4 Å². The van der Waals surface area contributed by atoms with E-state index in [1.165, 1.54) is 4.90 Å². The van der Waals surface area contributed by atoms with Gasteiger partial charge >= 0.3 is 6.09 Å². The van der Waals surface area contributed by atoms with E-state index in [0.29, 0.717) is 5.56 Å². The summed E-state index contributed by atoms with van der Waals surface area (Å²) in [4.78, 5) is 13.4. The summed E-state index contributed by atoms with van der Waals surface area (Å²) in [5, 5.41) is 0. The zero-order valence-corrected chi connectivity index (χ0v) is 18.1. The lowest BCUT2D eigenvalue weighted by molar-refractivity contribution is -0.0538. The van der Waals surface area contributed by atoms with Crippen LogP contribution in [0, 0.1) is 0 Å². The number of hydrogen-bond donors (Lipinski definition) is 1. The van der Waals surface area contributed by atoms with Gasteiger partial charge in [0.05, 0.1) is 28.8 Å². The van der Waals surface area contributed by atoms with Crippen molar-refractivity contribution in [2.45, 2.75) is 70.5 Å². The predicted molar refractivity (Wildman–Crippen MR) is 106 cm³/mol. The van der Waals surface area contributed by atoms with Crippen LogP contribution in [0.2, 0.25) is 0 Å². The fourth-order valence-corrected chi connectivity index (χ4v) is 3.50. The Labute approximate surface area is 164 Å². The van der Waals surface area contributed by atoms with Crippen molar-refractivity contribution in [2.24, 2.45) is 0 Å². The van der Waals surface area contributed by atoms with Crippen LogP contribution in [0.15, 0.2) is 24.3 Å². The molecule has 0 aromatic heterocycles. The quantitative estimate of drug-likeness (QED) is 0.826. The number of benzene rings is 1. The lowest BCUT2D eigenvalue weighted by Gasteiger charge is -2.44. The van der Waals surface area contributed by atoms with Crippen LogP contribution >= 0.6 is 0 Å². The molecule has 0 aliphatic carbocycles. The van der Waals surface area contributed by atoms with Gasteiger partial charge in [0.1, 0.15) is 5.60 Å². The molecule has 1 fully saturated rings. The Balaban J connectivity index is 2.05. The first kappa shape index (κ1) is 21.8. The number of alkyl halides is 1. The zero-order chi connectivity index (χ0) is 20.6. The highest BCUT2D eigenvalue weighted by molar-refractivity contribution is 7.84. The predicted octanol–water partition coefficient (Wildman–Crippen LogP) is 4.21. The van der Waals surface area contributed by atoms with Crippen molar-refractivity contribution in [3.8, 4) is 0 Å². The number of amides is 1. The highest BCUT2D eigenvalue weighted by Gasteiger charge is 2.48. The molecule has 0 saturated carbocycles. The van der Waals surface area contributed by atoms with Crippen LogP contribution in [0.5, 0.6) is 0 Å². The molecule has 1 heterocycles. The summed E-state index contributed by atoms with van der Waals surface area (Å²) in [7, 11) is -1.22. The average Bonchev–Trinajstić information content (AvgIpc) is 2.49. The van der Waals surface area contributed by atoms with E-state index in [0.717, 1.165) is 5.56 Å². The molecule has 1 aliphatic rings. The summed E-state index contributed by atoms with van der Waals surface area (Å²) >= 11 is 0. The Morgan fingerprint density at radius 1 is 1.26 bits per heavy atom. The van der Waals surface area contributed by atoms with Crippen LogP contribution in [0.3, 0.4) is 0 Å². The van der Waals surface area contributed by atoms with Crippen LogP contribution < -0.4 is 4.72 Å². The first-order chi connectivity index (χ1) is 12.2. The molecule has 2 atom stereocenters. The van der Waals surface area contributed by atoms with Gasteiger partial charge in [0, 0.05) is 6.04 Å². The zero-order valence-electron chi connectivity index (χ0n) is 17.3. The lowest BCUT2D eigenvalue weighted by atomic mass is 9.87. The number of ether oxygens (including phenoxy) is 1. The van der Waals surface area contributed by atoms with E-state index in [4.69, 9.17) is 4.74 Å². The van der Waals surface area contributed by atoms with Crippen molar-refractivity contribution in [1.29, 1.82) is 0 Å². The number of likely N-dealkylation sites (tertiary alicyclic amines) is 1. The molecule has 152 valence electrons. The molecule has 1 saturated heterocycles. The third kappa shape index (κ3) is 5.51. The smallest absolute Gasteiger partial charge is 0.410 e. The fraction of sp³-hybridized carbons (Fsp3) is 0.650. The normalized spacial score (nSPS) is 19.2. The third-order valence-corrected chi connectivity index (χ3v) is 5.96. The molecule has 1 aromatic rings. The summed E-state index contributed by atoms with van der Waals surface area (Å²) in [6.45, 7) is 12.9. The van der Waals surface area contributed by atoms with Crippen molar-refractivity contribution in [2.75, 3.05) is 13.1 Å². The maximum Gasteiger partial charge on any atom is 0.410 e. The van der Waals surface area contributed by atoms with Crippen LogP contribution in [0.1, 0.15) is 65.6 Å². The molecule has 1 amide bonds. The second kappa shape index (κ2) is 7.51. The topological polar surface area (TPSA) is 58.6 Å². The van der Waals surface area contributed by atoms with Crippen LogP contribution in [0.4, 0.5) is 9.18 Å². The average molecular weight is 399 g/mol. The maximum atomic E-state index is 15.2. The molecule has 1 aromatic carbocycles. The van der Waals surface area contributed by atoms with Crippen LogP contribution in [0.25, 0.3) is 0 Å². The molecule has 27 heavy (non-hydrogen) atoms. The van der Waals surface area contributed by atoms with Crippen molar-refractivity contribution < 1.29 is 18.1 Å². The Hall–Kier alpha value is -1.47. The Morgan fingerprint density at radius 2 is 1.85 bits per heavy atom. The first-order valence-electron chi connectivity index (χ1n) is 9.17. The summed E-state index contributed by atoms with van der Waals surface area (Å²) in [5.74, 6) is 0. The van der Waals surface area contributed by atoms with Gasteiger partial charge in [-0.25, -0.2) is 18.1 Å². The van der Waals surface area contributed by atoms with Crippen molar-refractivity contribution in [3.63, 3.8) is 0 Å². The van der Waals surface area contributed by atoms with Crippen molar-refractivity contribution in [1.82, 2.24) is 9.62 Å². The molecule has 0 bridgehead atoms. The summed E-state index contributed by atoms with van der Waals surface area (Å²) in [6, 6.07) is 7.00. The highest BCUT2D eigenvalue weighted by atomic mass is 32.2. The van der Waals surface area contributed by atoms with E-state index in [1.807, 2.05) is 33.8 Å². The van der Waals surface area contributed by atoms with Gasteiger partial charge in [0.2, 0.25) is 0 Å². The van der Waals surface area contributed by atoms with Gasteiger partial charge in [-0.1, -0.05) is 24.3 Å². The van der Waals surface area contributed by atoms with E-state index >= 15 is 4.39 Å². The Kier molecular flexibility index (Phi) is 6.07. The number of rotatable bonds is 4. The van der Waals surface area contributed by atoms with E-state index in [9.17, 15) is 9.00 Å². The number of nitrogens with one attached hydrogen (secondary N) is 1. The van der Waals surface area contributed by atoms with E-state index in [-0.39, 0.29) is 23.9 Å². The van der Waals surface area contributed by atoms with Gasteiger partial charge in [-0.05, 0) is 59.6 Å².